The Labute approximate surface area is 74.8 Å². The van der Waals surface area contributed by atoms with Crippen molar-refractivity contribution in [2.24, 2.45) is 0 Å². The van der Waals surface area contributed by atoms with Crippen LogP contribution in [0.15, 0.2) is 0 Å². The molecule has 0 amide bonds. The normalized spacial score (nSPS) is 8.50. The van der Waals surface area contributed by atoms with Crippen LogP contribution in [0, 0.1) is 0 Å². The first-order chi connectivity index (χ1) is 5.15. The van der Waals surface area contributed by atoms with Gasteiger partial charge in [-0.25, -0.2) is 8.42 Å². The first kappa shape index (κ1) is 17.6. The number of carbonyl (C=O) groups is 1. The van der Waals surface area contributed by atoms with E-state index in [9.17, 15) is 13.2 Å². The summed E-state index contributed by atoms with van der Waals surface area (Å²) in [6.07, 6.45) is 2.32. The summed E-state index contributed by atoms with van der Waals surface area (Å²) in [4.78, 5) is 9.44. The molecule has 0 aliphatic carbocycles. The average Bonchev–Trinajstić information content (AvgIpc) is 1.56. The summed E-state index contributed by atoms with van der Waals surface area (Å²) in [5.74, 6) is 0.167. The first-order valence-electron chi connectivity index (χ1n) is 3.17. The van der Waals surface area contributed by atoms with Crippen LogP contribution >= 0.6 is 0 Å². The second-order valence-corrected chi connectivity index (χ2v) is 4.75. The van der Waals surface area contributed by atoms with Gasteiger partial charge in [-0.1, -0.05) is 0 Å². The van der Waals surface area contributed by atoms with Crippen LogP contribution in [-0.2, 0) is 19.4 Å². The summed E-state index contributed by atoms with van der Waals surface area (Å²) >= 11 is 0. The van der Waals surface area contributed by atoms with E-state index < -0.39 is 9.84 Å². The third-order valence-corrected chi connectivity index (χ3v) is 0. The fraction of sp³-hybridized carbons (Fsp3) is 0.857. The number of hydrogen-bond donors (Lipinski definition) is 0. The SMILES string of the molecule is CC(C)=O.COC.CS(C)(=O)=O. The highest BCUT2D eigenvalue weighted by atomic mass is 32.2. The summed E-state index contributed by atoms with van der Waals surface area (Å²) < 4.78 is 23.5. The molecule has 0 radical (unpaired) electrons. The number of ether oxygens (including phenoxy) is 1. The van der Waals surface area contributed by atoms with Crippen LogP contribution in [0.2, 0.25) is 0 Å². The lowest BCUT2D eigenvalue weighted by molar-refractivity contribution is -0.114. The van der Waals surface area contributed by atoms with Crippen LogP contribution in [0.5, 0.6) is 0 Å². The highest BCUT2D eigenvalue weighted by Crippen LogP contribution is 1.61. The number of methoxy groups -OCH3 is 1. The topological polar surface area (TPSA) is 60.4 Å². The Kier molecular flexibility index (Phi) is 15.5. The van der Waals surface area contributed by atoms with Crippen LogP contribution in [0.4, 0.5) is 0 Å². The molecule has 0 N–H and O–H groups in total. The highest BCUT2D eigenvalue weighted by Gasteiger charge is 1.79. The van der Waals surface area contributed by atoms with Crippen molar-refractivity contribution in [1.82, 2.24) is 0 Å². The van der Waals surface area contributed by atoms with Crippen molar-refractivity contribution in [2.75, 3.05) is 26.7 Å². The van der Waals surface area contributed by atoms with Gasteiger partial charge in [0.1, 0.15) is 15.6 Å². The third-order valence-electron chi connectivity index (χ3n) is 0. The molecule has 0 bridgehead atoms. The third kappa shape index (κ3) is 4000. The fourth-order valence-corrected chi connectivity index (χ4v) is 0. The molecular formula is C7H18O4S. The molecule has 0 atom stereocenters. The summed E-state index contributed by atoms with van der Waals surface area (Å²) in [5.41, 5.74) is 0. The van der Waals surface area contributed by atoms with Crippen molar-refractivity contribution < 1.29 is 17.9 Å². The van der Waals surface area contributed by atoms with Crippen molar-refractivity contribution in [3.8, 4) is 0 Å². The van der Waals surface area contributed by atoms with Gasteiger partial charge in [-0.15, -0.1) is 0 Å². The summed E-state index contributed by atoms with van der Waals surface area (Å²) in [5, 5.41) is 0. The van der Waals surface area contributed by atoms with Crippen molar-refractivity contribution >= 4 is 15.6 Å². The lowest BCUT2D eigenvalue weighted by Gasteiger charge is -1.69. The van der Waals surface area contributed by atoms with Gasteiger partial charge in [0.05, 0.1) is 0 Å². The van der Waals surface area contributed by atoms with E-state index in [-0.39, 0.29) is 5.78 Å². The zero-order chi connectivity index (χ0) is 10.8. The van der Waals surface area contributed by atoms with Gasteiger partial charge in [-0.3, -0.25) is 0 Å². The maximum atomic E-state index is 9.63. The Morgan fingerprint density at radius 1 is 1.08 bits per heavy atom. The second kappa shape index (κ2) is 10.6. The van der Waals surface area contributed by atoms with Crippen molar-refractivity contribution in [2.45, 2.75) is 13.8 Å². The van der Waals surface area contributed by atoms with Gasteiger partial charge < -0.3 is 9.53 Å². The van der Waals surface area contributed by atoms with E-state index >= 15 is 0 Å². The van der Waals surface area contributed by atoms with E-state index in [1.54, 1.807) is 14.2 Å². The monoisotopic (exact) mass is 198 g/mol. The molecule has 0 aromatic carbocycles. The summed E-state index contributed by atoms with van der Waals surface area (Å²) in [7, 11) is 0.583. The Bertz CT molecular complexity index is 170. The molecule has 0 saturated heterocycles. The van der Waals surface area contributed by atoms with Crippen LogP contribution in [-0.4, -0.2) is 40.9 Å². The minimum absolute atomic E-state index is 0.167. The van der Waals surface area contributed by atoms with Gasteiger partial charge in [-0.05, 0) is 13.8 Å². The van der Waals surface area contributed by atoms with Crippen LogP contribution in [0.1, 0.15) is 13.8 Å². The van der Waals surface area contributed by atoms with Crippen molar-refractivity contribution in [3.05, 3.63) is 0 Å². The summed E-state index contributed by atoms with van der Waals surface area (Å²) in [6, 6.07) is 0. The molecule has 0 heterocycles. The van der Waals surface area contributed by atoms with Gasteiger partial charge in [0.15, 0.2) is 0 Å². The standard InChI is InChI=1S/C3H6O.C2H6O2S.C2H6O/c1-3(2)4;1-5(2,3)4;1-3-2/h1-2H3;1-2H3;1-2H3. The molecule has 0 fully saturated rings. The van der Waals surface area contributed by atoms with E-state index in [2.05, 4.69) is 4.74 Å². The molecule has 0 aromatic rings. The van der Waals surface area contributed by atoms with E-state index in [4.69, 9.17) is 0 Å². The molecule has 12 heavy (non-hydrogen) atoms. The summed E-state index contributed by atoms with van der Waals surface area (Å²) in [6.45, 7) is 3.06. The molecular weight excluding hydrogens is 180 g/mol. The number of Topliss-reactive ketones (excluding diaryl/α,β-unsaturated/α-hetero) is 1. The molecule has 0 aromatic heterocycles. The number of hydrogen-bond acceptors (Lipinski definition) is 4. The van der Waals surface area contributed by atoms with Crippen molar-refractivity contribution in [1.29, 1.82) is 0 Å². The van der Waals surface area contributed by atoms with Crippen LogP contribution < -0.4 is 0 Å². The zero-order valence-corrected chi connectivity index (χ0v) is 9.36. The quantitative estimate of drug-likeness (QED) is 0.569. The molecule has 4 nitrogen and oxygen atoms in total. The molecule has 76 valence electrons. The smallest absolute Gasteiger partial charge is 0.144 e. The Hall–Kier alpha value is -0.420. The molecule has 0 unspecified atom stereocenters. The van der Waals surface area contributed by atoms with E-state index in [0.717, 1.165) is 12.5 Å². The Morgan fingerprint density at radius 3 is 1.08 bits per heavy atom. The molecule has 0 spiro atoms. The Morgan fingerprint density at radius 2 is 1.08 bits per heavy atom. The van der Waals surface area contributed by atoms with Crippen LogP contribution in [0.25, 0.3) is 0 Å². The molecule has 0 aliphatic heterocycles. The lowest BCUT2D eigenvalue weighted by Crippen LogP contribution is -1.86. The molecule has 0 rings (SSSR count). The predicted octanol–water partition coefficient (Wildman–Crippen LogP) is 0.519. The Balaban J connectivity index is -0.000000105. The molecule has 0 saturated carbocycles. The minimum atomic E-state index is -2.67. The van der Waals surface area contributed by atoms with Crippen LogP contribution in [0.3, 0.4) is 0 Å². The van der Waals surface area contributed by atoms with Gasteiger partial charge in [0.2, 0.25) is 0 Å². The zero-order valence-electron chi connectivity index (χ0n) is 8.54. The minimum Gasteiger partial charge on any atom is -0.388 e. The fourth-order valence-electron chi connectivity index (χ4n) is 0. The second-order valence-electron chi connectivity index (χ2n) is 2.46. The maximum Gasteiger partial charge on any atom is 0.144 e. The highest BCUT2D eigenvalue weighted by molar-refractivity contribution is 7.89. The van der Waals surface area contributed by atoms with Gasteiger partial charge in [-0.2, -0.15) is 0 Å². The average molecular weight is 198 g/mol. The van der Waals surface area contributed by atoms with Gasteiger partial charge in [0.25, 0.3) is 0 Å². The molecule has 0 aliphatic rings. The van der Waals surface area contributed by atoms with Crippen molar-refractivity contribution in [3.63, 3.8) is 0 Å². The van der Waals surface area contributed by atoms with Gasteiger partial charge in [0, 0.05) is 26.7 Å². The molecule has 5 heteroatoms. The number of sulfone groups is 1. The predicted molar refractivity (Wildman–Crippen MR) is 50.1 cm³/mol. The number of rotatable bonds is 0. The van der Waals surface area contributed by atoms with E-state index in [1.807, 2.05) is 0 Å². The van der Waals surface area contributed by atoms with E-state index in [0.29, 0.717) is 0 Å². The van der Waals surface area contributed by atoms with E-state index in [1.165, 1.54) is 13.8 Å². The maximum absolute atomic E-state index is 9.63. The lowest BCUT2D eigenvalue weighted by atomic mass is 10.6. The largest absolute Gasteiger partial charge is 0.388 e. The number of ketones is 1. The first-order valence-corrected chi connectivity index (χ1v) is 5.47. The number of carbonyl (C=O) groups excluding carboxylic acids is 1. The van der Waals surface area contributed by atoms with Gasteiger partial charge >= 0.3 is 0 Å².